The molecule has 0 amide bonds. The lowest BCUT2D eigenvalue weighted by Gasteiger charge is -2.05. The molecule has 0 unspecified atom stereocenters. The second kappa shape index (κ2) is 3.96. The SMILES string of the molecule is COC(=O)c1cc2sc(Br)nc2c2c1CCO2. The predicted octanol–water partition coefficient (Wildman–Crippen LogP) is 2.78. The Bertz CT molecular complexity index is 623. The third kappa shape index (κ3) is 1.63. The van der Waals surface area contributed by atoms with Crippen LogP contribution in [0.5, 0.6) is 5.75 Å². The lowest BCUT2D eigenvalue weighted by molar-refractivity contribution is 0.0600. The number of carbonyl (C=O) groups is 1. The number of methoxy groups -OCH3 is 1. The number of ether oxygens (including phenoxy) is 2. The first-order valence-corrected chi connectivity index (χ1v) is 6.64. The molecule has 17 heavy (non-hydrogen) atoms. The second-order valence-corrected chi connectivity index (χ2v) is 5.94. The molecule has 1 aliphatic rings. The van der Waals surface area contributed by atoms with Crippen molar-refractivity contribution >= 4 is 43.5 Å². The van der Waals surface area contributed by atoms with E-state index < -0.39 is 0 Å². The highest BCUT2D eigenvalue weighted by Gasteiger charge is 2.25. The average molecular weight is 314 g/mol. The van der Waals surface area contributed by atoms with Crippen molar-refractivity contribution in [3.05, 3.63) is 21.1 Å². The summed E-state index contributed by atoms with van der Waals surface area (Å²) in [6, 6.07) is 1.83. The molecule has 0 radical (unpaired) electrons. The highest BCUT2D eigenvalue weighted by atomic mass is 79.9. The summed E-state index contributed by atoms with van der Waals surface area (Å²) in [6.07, 6.45) is 0.727. The Labute approximate surface area is 110 Å². The first kappa shape index (κ1) is 11.0. The van der Waals surface area contributed by atoms with Crippen LogP contribution in [0.3, 0.4) is 0 Å². The molecule has 0 N–H and O–H groups in total. The van der Waals surface area contributed by atoms with Crippen molar-refractivity contribution in [1.82, 2.24) is 4.98 Å². The zero-order chi connectivity index (χ0) is 12.0. The molecular weight excluding hydrogens is 306 g/mol. The first-order valence-electron chi connectivity index (χ1n) is 5.03. The largest absolute Gasteiger partial charge is 0.491 e. The lowest BCUT2D eigenvalue weighted by atomic mass is 10.0. The van der Waals surface area contributed by atoms with Crippen LogP contribution in [0.1, 0.15) is 15.9 Å². The van der Waals surface area contributed by atoms with Crippen LogP contribution in [0.2, 0.25) is 0 Å². The van der Waals surface area contributed by atoms with E-state index in [4.69, 9.17) is 9.47 Å². The van der Waals surface area contributed by atoms with E-state index in [1.807, 2.05) is 6.07 Å². The Hall–Kier alpha value is -1.14. The molecule has 2 aromatic rings. The highest BCUT2D eigenvalue weighted by molar-refractivity contribution is 9.11. The molecule has 0 saturated heterocycles. The molecule has 0 saturated carbocycles. The normalized spacial score (nSPS) is 13.5. The fourth-order valence-electron chi connectivity index (χ4n) is 2.00. The van der Waals surface area contributed by atoms with Crippen LogP contribution in [0, 0.1) is 0 Å². The molecule has 0 atom stereocenters. The van der Waals surface area contributed by atoms with E-state index in [1.165, 1.54) is 18.4 Å². The van der Waals surface area contributed by atoms with Crippen molar-refractivity contribution in [3.63, 3.8) is 0 Å². The maximum absolute atomic E-state index is 11.7. The van der Waals surface area contributed by atoms with Gasteiger partial charge in [-0.05, 0) is 22.0 Å². The van der Waals surface area contributed by atoms with Crippen LogP contribution in [-0.4, -0.2) is 24.7 Å². The molecule has 88 valence electrons. The van der Waals surface area contributed by atoms with Gasteiger partial charge in [-0.2, -0.15) is 0 Å². The number of benzene rings is 1. The molecular formula is C11H8BrNO3S. The van der Waals surface area contributed by atoms with Crippen LogP contribution >= 0.6 is 27.3 Å². The maximum atomic E-state index is 11.7. The summed E-state index contributed by atoms with van der Waals surface area (Å²) in [4.78, 5) is 16.1. The standard InChI is InChI=1S/C11H8BrNO3S/c1-15-10(14)6-4-7-8(13-11(12)17-7)9-5(6)2-3-16-9/h4H,2-3H2,1H3. The summed E-state index contributed by atoms with van der Waals surface area (Å²) < 4.78 is 12.1. The van der Waals surface area contributed by atoms with Crippen LogP contribution in [0.15, 0.2) is 9.98 Å². The number of aromatic nitrogens is 1. The zero-order valence-corrected chi connectivity index (χ0v) is 11.4. The number of hydrogen-bond acceptors (Lipinski definition) is 5. The smallest absolute Gasteiger partial charge is 0.338 e. The number of esters is 1. The van der Waals surface area contributed by atoms with Crippen molar-refractivity contribution in [2.24, 2.45) is 0 Å². The van der Waals surface area contributed by atoms with Gasteiger partial charge in [-0.3, -0.25) is 0 Å². The quantitative estimate of drug-likeness (QED) is 0.760. The van der Waals surface area contributed by atoms with Gasteiger partial charge in [0.2, 0.25) is 0 Å². The summed E-state index contributed by atoms with van der Waals surface area (Å²) in [5.74, 6) is 0.406. The van der Waals surface area contributed by atoms with Gasteiger partial charge in [0.15, 0.2) is 9.67 Å². The van der Waals surface area contributed by atoms with E-state index in [0.29, 0.717) is 12.2 Å². The number of halogens is 1. The Morgan fingerprint density at radius 2 is 2.47 bits per heavy atom. The monoisotopic (exact) mass is 313 g/mol. The fourth-order valence-corrected chi connectivity index (χ4v) is 3.43. The van der Waals surface area contributed by atoms with E-state index in [1.54, 1.807) is 0 Å². The minimum absolute atomic E-state index is 0.321. The van der Waals surface area contributed by atoms with Crippen molar-refractivity contribution in [2.75, 3.05) is 13.7 Å². The van der Waals surface area contributed by atoms with Crippen molar-refractivity contribution in [3.8, 4) is 5.75 Å². The molecule has 3 rings (SSSR count). The third-order valence-electron chi connectivity index (χ3n) is 2.72. The zero-order valence-electron chi connectivity index (χ0n) is 8.95. The molecule has 0 spiro atoms. The van der Waals surface area contributed by atoms with Gasteiger partial charge in [0.25, 0.3) is 0 Å². The average Bonchev–Trinajstić information content (AvgIpc) is 2.91. The minimum atomic E-state index is -0.321. The molecule has 4 nitrogen and oxygen atoms in total. The van der Waals surface area contributed by atoms with Crippen molar-refractivity contribution in [1.29, 1.82) is 0 Å². The Balaban J connectivity index is 2.33. The summed E-state index contributed by atoms with van der Waals surface area (Å²) in [5, 5.41) is 0. The fraction of sp³-hybridized carbons (Fsp3) is 0.273. The van der Waals surface area contributed by atoms with E-state index in [2.05, 4.69) is 20.9 Å². The highest BCUT2D eigenvalue weighted by Crippen LogP contribution is 2.40. The van der Waals surface area contributed by atoms with E-state index in [9.17, 15) is 4.79 Å². The Kier molecular flexibility index (Phi) is 2.56. The molecule has 0 bridgehead atoms. The van der Waals surface area contributed by atoms with E-state index in [-0.39, 0.29) is 5.97 Å². The number of nitrogens with zero attached hydrogens (tertiary/aromatic N) is 1. The van der Waals surface area contributed by atoms with Crippen molar-refractivity contribution in [2.45, 2.75) is 6.42 Å². The molecule has 2 heterocycles. The Morgan fingerprint density at radius 3 is 3.24 bits per heavy atom. The minimum Gasteiger partial charge on any atom is -0.491 e. The van der Waals surface area contributed by atoms with Gasteiger partial charge >= 0.3 is 5.97 Å². The summed E-state index contributed by atoms with van der Waals surface area (Å²) in [5.41, 5.74) is 2.31. The lowest BCUT2D eigenvalue weighted by Crippen LogP contribution is -2.04. The second-order valence-electron chi connectivity index (χ2n) is 3.64. The Morgan fingerprint density at radius 1 is 1.65 bits per heavy atom. The summed E-state index contributed by atoms with van der Waals surface area (Å²) >= 11 is 4.83. The molecule has 0 aliphatic carbocycles. The van der Waals surface area contributed by atoms with Gasteiger partial charge in [-0.15, -0.1) is 11.3 Å². The number of thiazole rings is 1. The van der Waals surface area contributed by atoms with Gasteiger partial charge in [0.05, 0.1) is 24.0 Å². The van der Waals surface area contributed by atoms with Crippen molar-refractivity contribution < 1.29 is 14.3 Å². The maximum Gasteiger partial charge on any atom is 0.338 e. The van der Waals surface area contributed by atoms with Gasteiger partial charge in [0, 0.05) is 12.0 Å². The van der Waals surface area contributed by atoms with Gasteiger partial charge in [-0.25, -0.2) is 9.78 Å². The molecule has 1 aromatic heterocycles. The van der Waals surface area contributed by atoms with Crippen LogP contribution in [0.25, 0.3) is 10.2 Å². The first-order chi connectivity index (χ1) is 8.20. The summed E-state index contributed by atoms with van der Waals surface area (Å²) in [6.45, 7) is 0.591. The van der Waals surface area contributed by atoms with Gasteiger partial charge in [-0.1, -0.05) is 0 Å². The molecule has 6 heteroatoms. The predicted molar refractivity (Wildman–Crippen MR) is 67.9 cm³/mol. The number of carbonyl (C=O) groups excluding carboxylic acids is 1. The number of rotatable bonds is 1. The van der Waals surface area contributed by atoms with E-state index >= 15 is 0 Å². The van der Waals surface area contributed by atoms with Gasteiger partial charge < -0.3 is 9.47 Å². The topological polar surface area (TPSA) is 48.4 Å². The molecule has 0 fully saturated rings. The summed E-state index contributed by atoms with van der Waals surface area (Å²) in [7, 11) is 1.39. The van der Waals surface area contributed by atoms with Crippen LogP contribution in [0.4, 0.5) is 0 Å². The van der Waals surface area contributed by atoms with E-state index in [0.717, 1.165) is 31.9 Å². The molecule has 1 aromatic carbocycles. The van der Waals surface area contributed by atoms with Gasteiger partial charge in [0.1, 0.15) is 5.52 Å². The number of hydrogen-bond donors (Lipinski definition) is 0. The van der Waals surface area contributed by atoms with Crippen LogP contribution < -0.4 is 4.74 Å². The van der Waals surface area contributed by atoms with Crippen LogP contribution in [-0.2, 0) is 11.2 Å². The molecule has 1 aliphatic heterocycles. The third-order valence-corrected chi connectivity index (χ3v) is 4.17. The number of fused-ring (bicyclic) bond motifs is 3.